The highest BCUT2D eigenvalue weighted by molar-refractivity contribution is 5.67. The number of pyridine rings is 1. The van der Waals surface area contributed by atoms with Crippen LogP contribution in [0.2, 0.25) is 0 Å². The van der Waals surface area contributed by atoms with Gasteiger partial charge in [-0.1, -0.05) is 17.7 Å². The highest BCUT2D eigenvalue weighted by Gasteiger charge is 2.05. The largest absolute Gasteiger partial charge is 0.256 e. The molecule has 2 rings (SSSR count). The lowest BCUT2D eigenvalue weighted by Gasteiger charge is -2.03. The van der Waals surface area contributed by atoms with Crippen LogP contribution in [-0.4, -0.2) is 4.98 Å². The number of benzene rings is 1. The van der Waals surface area contributed by atoms with Crippen molar-refractivity contribution in [2.45, 2.75) is 6.92 Å². The van der Waals surface area contributed by atoms with Crippen molar-refractivity contribution in [2.75, 3.05) is 0 Å². The minimum absolute atomic E-state index is 0.666. The molecule has 0 amide bonds. The van der Waals surface area contributed by atoms with Crippen molar-refractivity contribution in [3.63, 3.8) is 0 Å². The monoisotopic (exact) mass is 194 g/mol. The summed E-state index contributed by atoms with van der Waals surface area (Å²) in [7, 11) is 0. The molecule has 0 atom stereocenters. The minimum Gasteiger partial charge on any atom is -0.256 e. The Morgan fingerprint density at radius 3 is 2.73 bits per heavy atom. The molecular formula is C13H10N2. The van der Waals surface area contributed by atoms with E-state index >= 15 is 0 Å². The van der Waals surface area contributed by atoms with Crippen molar-refractivity contribution in [3.8, 4) is 17.3 Å². The molecule has 1 aromatic heterocycles. The number of aryl methyl sites for hydroxylation is 1. The SMILES string of the molecule is Cc1ccc(C#N)c(-c2ccccn2)c1. The third-order valence-corrected chi connectivity index (χ3v) is 2.24. The molecule has 1 aromatic carbocycles. The van der Waals surface area contributed by atoms with Gasteiger partial charge in [0.05, 0.1) is 17.3 Å². The molecule has 0 saturated heterocycles. The Morgan fingerprint density at radius 1 is 1.20 bits per heavy atom. The van der Waals surface area contributed by atoms with Gasteiger partial charge < -0.3 is 0 Å². The number of nitrogens with zero attached hydrogens (tertiary/aromatic N) is 2. The first-order valence-corrected chi connectivity index (χ1v) is 4.73. The quantitative estimate of drug-likeness (QED) is 0.699. The van der Waals surface area contributed by atoms with Crippen molar-refractivity contribution >= 4 is 0 Å². The molecule has 15 heavy (non-hydrogen) atoms. The number of aromatic nitrogens is 1. The fraction of sp³-hybridized carbons (Fsp3) is 0.0769. The maximum Gasteiger partial charge on any atom is 0.0998 e. The normalized spacial score (nSPS) is 9.60. The van der Waals surface area contributed by atoms with Crippen LogP contribution in [0.25, 0.3) is 11.3 Å². The molecule has 2 heteroatoms. The van der Waals surface area contributed by atoms with E-state index in [1.165, 1.54) is 0 Å². The molecule has 0 aliphatic rings. The number of hydrogen-bond acceptors (Lipinski definition) is 2. The molecule has 72 valence electrons. The van der Waals surface area contributed by atoms with Crippen LogP contribution in [0.1, 0.15) is 11.1 Å². The summed E-state index contributed by atoms with van der Waals surface area (Å²) in [6.45, 7) is 2.01. The van der Waals surface area contributed by atoms with Crippen LogP contribution in [0.3, 0.4) is 0 Å². The summed E-state index contributed by atoms with van der Waals surface area (Å²) in [5.74, 6) is 0. The van der Waals surface area contributed by atoms with Crippen molar-refractivity contribution in [3.05, 3.63) is 53.7 Å². The lowest BCUT2D eigenvalue weighted by atomic mass is 10.0. The third kappa shape index (κ3) is 1.87. The number of rotatable bonds is 1. The van der Waals surface area contributed by atoms with Crippen LogP contribution >= 0.6 is 0 Å². The van der Waals surface area contributed by atoms with Gasteiger partial charge in [-0.2, -0.15) is 5.26 Å². The van der Waals surface area contributed by atoms with Gasteiger partial charge in [0.25, 0.3) is 0 Å². The van der Waals surface area contributed by atoms with Gasteiger partial charge in [-0.15, -0.1) is 0 Å². The van der Waals surface area contributed by atoms with Crippen molar-refractivity contribution < 1.29 is 0 Å². The van der Waals surface area contributed by atoms with Crippen LogP contribution in [0, 0.1) is 18.3 Å². The molecule has 2 aromatic rings. The van der Waals surface area contributed by atoms with Gasteiger partial charge in [0.15, 0.2) is 0 Å². The first-order valence-electron chi connectivity index (χ1n) is 4.73. The standard InChI is InChI=1S/C13H10N2/c1-10-5-6-11(9-14)12(8-10)13-4-2-3-7-15-13/h2-8H,1H3. The summed E-state index contributed by atoms with van der Waals surface area (Å²) in [5, 5.41) is 8.99. The van der Waals surface area contributed by atoms with Gasteiger partial charge in [0.2, 0.25) is 0 Å². The van der Waals surface area contributed by atoms with E-state index in [-0.39, 0.29) is 0 Å². The van der Waals surface area contributed by atoms with E-state index in [0.717, 1.165) is 16.8 Å². The maximum absolute atomic E-state index is 8.99. The second kappa shape index (κ2) is 3.93. The zero-order valence-electron chi connectivity index (χ0n) is 8.44. The fourth-order valence-electron chi connectivity index (χ4n) is 1.49. The summed E-state index contributed by atoms with van der Waals surface area (Å²) in [6.07, 6.45) is 1.73. The summed E-state index contributed by atoms with van der Waals surface area (Å²) in [4.78, 5) is 4.25. The van der Waals surface area contributed by atoms with E-state index in [4.69, 9.17) is 5.26 Å². The van der Waals surface area contributed by atoms with Crippen LogP contribution in [-0.2, 0) is 0 Å². The molecule has 0 fully saturated rings. The molecule has 0 radical (unpaired) electrons. The van der Waals surface area contributed by atoms with E-state index in [1.807, 2.05) is 43.3 Å². The lowest BCUT2D eigenvalue weighted by Crippen LogP contribution is -1.88. The zero-order valence-corrected chi connectivity index (χ0v) is 8.44. The molecule has 1 heterocycles. The highest BCUT2D eigenvalue weighted by Crippen LogP contribution is 2.22. The molecule has 0 aliphatic heterocycles. The minimum atomic E-state index is 0.666. The average molecular weight is 194 g/mol. The highest BCUT2D eigenvalue weighted by atomic mass is 14.7. The van der Waals surface area contributed by atoms with Gasteiger partial charge in [0, 0.05) is 11.8 Å². The Bertz CT molecular complexity index is 510. The smallest absolute Gasteiger partial charge is 0.0998 e. The predicted molar refractivity (Wildman–Crippen MR) is 59.1 cm³/mol. The molecular weight excluding hydrogens is 184 g/mol. The first-order chi connectivity index (χ1) is 7.31. The number of hydrogen-bond donors (Lipinski definition) is 0. The van der Waals surface area contributed by atoms with Crippen molar-refractivity contribution in [1.82, 2.24) is 4.98 Å². The summed E-state index contributed by atoms with van der Waals surface area (Å²) in [6, 6.07) is 13.6. The average Bonchev–Trinajstić information content (AvgIpc) is 2.30. The predicted octanol–water partition coefficient (Wildman–Crippen LogP) is 2.93. The van der Waals surface area contributed by atoms with Crippen molar-refractivity contribution in [1.29, 1.82) is 5.26 Å². The molecule has 0 N–H and O–H groups in total. The van der Waals surface area contributed by atoms with E-state index in [2.05, 4.69) is 11.1 Å². The Morgan fingerprint density at radius 2 is 2.07 bits per heavy atom. The van der Waals surface area contributed by atoms with Gasteiger partial charge in [-0.3, -0.25) is 4.98 Å². The zero-order chi connectivity index (χ0) is 10.7. The number of nitriles is 1. The van der Waals surface area contributed by atoms with E-state index in [0.29, 0.717) is 5.56 Å². The molecule has 0 saturated carbocycles. The van der Waals surface area contributed by atoms with Gasteiger partial charge in [-0.25, -0.2) is 0 Å². The van der Waals surface area contributed by atoms with E-state index < -0.39 is 0 Å². The van der Waals surface area contributed by atoms with Gasteiger partial charge in [-0.05, 0) is 31.2 Å². The Kier molecular flexibility index (Phi) is 2.47. The first kappa shape index (κ1) is 9.42. The van der Waals surface area contributed by atoms with Gasteiger partial charge >= 0.3 is 0 Å². The van der Waals surface area contributed by atoms with Crippen molar-refractivity contribution in [2.24, 2.45) is 0 Å². The summed E-state index contributed by atoms with van der Waals surface area (Å²) in [5.41, 5.74) is 3.55. The Balaban J connectivity index is 2.62. The van der Waals surface area contributed by atoms with Crippen LogP contribution in [0.4, 0.5) is 0 Å². The van der Waals surface area contributed by atoms with Crippen LogP contribution < -0.4 is 0 Å². The Labute approximate surface area is 88.8 Å². The lowest BCUT2D eigenvalue weighted by molar-refractivity contribution is 1.31. The van der Waals surface area contributed by atoms with E-state index in [1.54, 1.807) is 6.20 Å². The topological polar surface area (TPSA) is 36.7 Å². The third-order valence-electron chi connectivity index (χ3n) is 2.24. The second-order valence-electron chi connectivity index (χ2n) is 3.38. The molecule has 0 spiro atoms. The second-order valence-corrected chi connectivity index (χ2v) is 3.38. The fourth-order valence-corrected chi connectivity index (χ4v) is 1.49. The van der Waals surface area contributed by atoms with Crippen LogP contribution in [0.5, 0.6) is 0 Å². The van der Waals surface area contributed by atoms with Crippen LogP contribution in [0.15, 0.2) is 42.6 Å². The Hall–Kier alpha value is -2.14. The maximum atomic E-state index is 8.99. The summed E-state index contributed by atoms with van der Waals surface area (Å²) < 4.78 is 0. The molecule has 0 bridgehead atoms. The molecule has 2 nitrogen and oxygen atoms in total. The van der Waals surface area contributed by atoms with E-state index in [9.17, 15) is 0 Å². The van der Waals surface area contributed by atoms with Gasteiger partial charge in [0.1, 0.15) is 0 Å². The molecule has 0 unspecified atom stereocenters. The molecule has 0 aliphatic carbocycles. The summed E-state index contributed by atoms with van der Waals surface area (Å²) >= 11 is 0.